The Balaban J connectivity index is 3.58. The molecule has 0 spiro atoms. The molecular weight excluding hydrogens is 292 g/mol. The summed E-state index contributed by atoms with van der Waals surface area (Å²) in [6.45, 7) is 0. The van der Waals surface area contributed by atoms with Gasteiger partial charge in [-0.05, 0) is 0 Å². The van der Waals surface area contributed by atoms with E-state index in [1.54, 1.807) is 0 Å². The van der Waals surface area contributed by atoms with E-state index in [9.17, 15) is 19.2 Å². The van der Waals surface area contributed by atoms with Crippen molar-refractivity contribution >= 4 is 45.7 Å². The molecule has 0 fully saturated rings. The van der Waals surface area contributed by atoms with Gasteiger partial charge in [0.25, 0.3) is 0 Å². The molecule has 1 N–H and O–H groups in total. The maximum absolute atomic E-state index is 11.4. The molecule has 0 unspecified atom stereocenters. The Morgan fingerprint density at radius 3 is 1.79 bits per heavy atom. The molecule has 0 amide bonds. The van der Waals surface area contributed by atoms with Crippen molar-refractivity contribution in [2.24, 2.45) is 0 Å². The fraction of sp³-hybridized carbons (Fsp3) is 0.636. The second-order valence-electron chi connectivity index (χ2n) is 3.41. The van der Waals surface area contributed by atoms with E-state index < -0.39 is 5.97 Å². The van der Waals surface area contributed by atoms with Crippen LogP contribution >= 0.6 is 23.5 Å². The molecule has 19 heavy (non-hydrogen) atoms. The second-order valence-corrected chi connectivity index (χ2v) is 5.72. The summed E-state index contributed by atoms with van der Waals surface area (Å²) in [7, 11) is 1.28. The van der Waals surface area contributed by atoms with E-state index in [1.165, 1.54) is 7.11 Å². The number of hydrogen-bond acceptors (Lipinski definition) is 7. The fourth-order valence-corrected chi connectivity index (χ4v) is 2.44. The lowest BCUT2D eigenvalue weighted by atomic mass is 10.4. The van der Waals surface area contributed by atoms with Gasteiger partial charge in [0.2, 0.25) is 0 Å². The Labute approximate surface area is 119 Å². The molecule has 0 saturated heterocycles. The highest BCUT2D eigenvalue weighted by atomic mass is 32.2. The first-order valence-electron chi connectivity index (χ1n) is 5.55. The first kappa shape index (κ1) is 18.0. The number of rotatable bonds is 9. The lowest BCUT2D eigenvalue weighted by molar-refractivity contribution is -0.140. The summed E-state index contributed by atoms with van der Waals surface area (Å²) in [6, 6.07) is 0. The molecule has 0 rings (SSSR count). The van der Waals surface area contributed by atoms with Crippen LogP contribution in [0, 0.1) is 0 Å². The standard InChI is InChI=1S/C11H16O6S2/c1-17-9(14)5-7-19-11(16)3-2-10(15)18-6-4-8(12)13/h2-7H2,1H3,(H,12,13). The summed E-state index contributed by atoms with van der Waals surface area (Å²) in [5.41, 5.74) is 0. The molecule has 8 heteroatoms. The van der Waals surface area contributed by atoms with E-state index in [0.29, 0.717) is 5.75 Å². The van der Waals surface area contributed by atoms with E-state index in [2.05, 4.69) is 4.74 Å². The predicted molar refractivity (Wildman–Crippen MR) is 73.0 cm³/mol. The quantitative estimate of drug-likeness (QED) is 0.637. The zero-order chi connectivity index (χ0) is 14.7. The Hall–Kier alpha value is -1.02. The number of hydrogen-bond donors (Lipinski definition) is 1. The van der Waals surface area contributed by atoms with Gasteiger partial charge in [0, 0.05) is 24.3 Å². The monoisotopic (exact) mass is 308 g/mol. The SMILES string of the molecule is COC(=O)CCSC(=O)CCC(=O)SCCC(=O)O. The highest BCUT2D eigenvalue weighted by Gasteiger charge is 2.10. The molecule has 0 aromatic carbocycles. The van der Waals surface area contributed by atoms with Gasteiger partial charge in [-0.3, -0.25) is 19.2 Å². The minimum atomic E-state index is -0.949. The van der Waals surface area contributed by atoms with E-state index in [0.717, 1.165) is 23.5 Å². The summed E-state index contributed by atoms with van der Waals surface area (Å²) >= 11 is 1.92. The number of methoxy groups -OCH3 is 1. The second kappa shape index (κ2) is 10.9. The maximum Gasteiger partial charge on any atom is 0.306 e. The van der Waals surface area contributed by atoms with E-state index >= 15 is 0 Å². The summed E-state index contributed by atoms with van der Waals surface area (Å²) in [5.74, 6) is -0.765. The minimum absolute atomic E-state index is 0.0712. The van der Waals surface area contributed by atoms with Crippen LogP contribution in [0.5, 0.6) is 0 Å². The lowest BCUT2D eigenvalue weighted by Gasteiger charge is -2.00. The maximum atomic E-state index is 11.4. The van der Waals surface area contributed by atoms with Gasteiger partial charge < -0.3 is 9.84 Å². The first-order chi connectivity index (χ1) is 8.95. The van der Waals surface area contributed by atoms with E-state index in [4.69, 9.17) is 5.11 Å². The van der Waals surface area contributed by atoms with Gasteiger partial charge in [-0.15, -0.1) is 0 Å². The number of ether oxygens (including phenoxy) is 1. The van der Waals surface area contributed by atoms with Crippen molar-refractivity contribution in [3.8, 4) is 0 Å². The number of carboxylic acid groups (broad SMARTS) is 1. The summed E-state index contributed by atoms with van der Waals surface area (Å²) in [5, 5.41) is 8.04. The molecule has 0 aliphatic rings. The molecule has 0 aliphatic carbocycles. The van der Waals surface area contributed by atoms with Gasteiger partial charge in [-0.1, -0.05) is 23.5 Å². The van der Waals surface area contributed by atoms with Crippen LogP contribution in [-0.2, 0) is 23.9 Å². The third kappa shape index (κ3) is 11.8. The number of carbonyl (C=O) groups excluding carboxylic acids is 3. The van der Waals surface area contributed by atoms with Crippen LogP contribution in [0.2, 0.25) is 0 Å². The van der Waals surface area contributed by atoms with Crippen LogP contribution in [0.1, 0.15) is 25.7 Å². The zero-order valence-corrected chi connectivity index (χ0v) is 12.2. The molecule has 0 aliphatic heterocycles. The number of aliphatic carboxylic acids is 1. The molecule has 0 heterocycles. The highest BCUT2D eigenvalue weighted by Crippen LogP contribution is 2.14. The summed E-state index contributed by atoms with van der Waals surface area (Å²) in [4.78, 5) is 43.7. The van der Waals surface area contributed by atoms with Crippen LogP contribution in [0.15, 0.2) is 0 Å². The summed E-state index contributed by atoms with van der Waals surface area (Å²) in [6.07, 6.45) is 0.283. The third-order valence-corrected chi connectivity index (χ3v) is 3.78. The Kier molecular flexibility index (Phi) is 10.3. The molecule has 0 saturated carbocycles. The van der Waals surface area contributed by atoms with Crippen molar-refractivity contribution in [2.75, 3.05) is 18.6 Å². The average molecular weight is 308 g/mol. The van der Waals surface area contributed by atoms with Gasteiger partial charge >= 0.3 is 11.9 Å². The highest BCUT2D eigenvalue weighted by molar-refractivity contribution is 8.14. The molecule has 0 radical (unpaired) electrons. The molecule has 0 aromatic heterocycles. The van der Waals surface area contributed by atoms with Crippen molar-refractivity contribution < 1.29 is 29.0 Å². The van der Waals surface area contributed by atoms with Crippen LogP contribution < -0.4 is 0 Å². The molecule has 0 bridgehead atoms. The van der Waals surface area contributed by atoms with Crippen LogP contribution in [0.4, 0.5) is 0 Å². The largest absolute Gasteiger partial charge is 0.481 e. The fourth-order valence-electron chi connectivity index (χ4n) is 0.951. The molecule has 0 atom stereocenters. The van der Waals surface area contributed by atoms with Crippen molar-refractivity contribution in [1.29, 1.82) is 0 Å². The van der Waals surface area contributed by atoms with Gasteiger partial charge in [0.15, 0.2) is 10.2 Å². The van der Waals surface area contributed by atoms with Gasteiger partial charge in [-0.25, -0.2) is 0 Å². The van der Waals surface area contributed by atoms with Crippen molar-refractivity contribution in [1.82, 2.24) is 0 Å². The number of esters is 1. The number of carboxylic acids is 1. The average Bonchev–Trinajstić information content (AvgIpc) is 2.35. The molecule has 108 valence electrons. The van der Waals surface area contributed by atoms with Gasteiger partial charge in [0.05, 0.1) is 20.0 Å². The normalized spacial score (nSPS) is 9.95. The number of thioether (sulfide) groups is 2. The Morgan fingerprint density at radius 1 is 0.895 bits per heavy atom. The minimum Gasteiger partial charge on any atom is -0.481 e. The van der Waals surface area contributed by atoms with Gasteiger partial charge in [0.1, 0.15) is 0 Å². The Morgan fingerprint density at radius 2 is 1.37 bits per heavy atom. The Bertz CT molecular complexity index is 342. The predicted octanol–water partition coefficient (Wildman–Crippen LogP) is 1.32. The smallest absolute Gasteiger partial charge is 0.306 e. The molecular formula is C11H16O6S2. The van der Waals surface area contributed by atoms with Gasteiger partial charge in [-0.2, -0.15) is 0 Å². The van der Waals surface area contributed by atoms with Crippen molar-refractivity contribution in [2.45, 2.75) is 25.7 Å². The van der Waals surface area contributed by atoms with Crippen LogP contribution in [0.3, 0.4) is 0 Å². The third-order valence-electron chi connectivity index (χ3n) is 1.91. The zero-order valence-electron chi connectivity index (χ0n) is 10.5. The van der Waals surface area contributed by atoms with Crippen molar-refractivity contribution in [3.63, 3.8) is 0 Å². The van der Waals surface area contributed by atoms with Crippen LogP contribution in [-0.4, -0.2) is 45.9 Å². The lowest BCUT2D eigenvalue weighted by Crippen LogP contribution is -2.04. The van der Waals surface area contributed by atoms with E-state index in [1.807, 2.05) is 0 Å². The summed E-state index contributed by atoms with van der Waals surface area (Å²) < 4.78 is 4.42. The van der Waals surface area contributed by atoms with E-state index in [-0.39, 0.29) is 47.6 Å². The number of carbonyl (C=O) groups is 4. The van der Waals surface area contributed by atoms with Crippen LogP contribution in [0.25, 0.3) is 0 Å². The van der Waals surface area contributed by atoms with Crippen molar-refractivity contribution in [3.05, 3.63) is 0 Å². The molecule has 6 nitrogen and oxygen atoms in total. The molecule has 0 aromatic rings. The first-order valence-corrected chi connectivity index (χ1v) is 7.52. The topological polar surface area (TPSA) is 97.7 Å².